The molecule has 0 saturated carbocycles. The number of hydrogen-bond donors (Lipinski definition) is 3. The van der Waals surface area contributed by atoms with Gasteiger partial charge < -0.3 is 20.2 Å². The van der Waals surface area contributed by atoms with E-state index in [1.165, 1.54) is 12.5 Å². The molecule has 0 bridgehead atoms. The van der Waals surface area contributed by atoms with E-state index >= 15 is 0 Å². The number of hydrogen-bond acceptors (Lipinski definition) is 4. The van der Waals surface area contributed by atoms with Gasteiger partial charge in [-0.2, -0.15) is 0 Å². The Balaban J connectivity index is 1.81. The van der Waals surface area contributed by atoms with Crippen LogP contribution in [0.25, 0.3) is 0 Å². The van der Waals surface area contributed by atoms with Gasteiger partial charge in [-0.3, -0.25) is 9.59 Å². The number of halogens is 1. The van der Waals surface area contributed by atoms with Crippen molar-refractivity contribution < 1.29 is 19.1 Å². The average Bonchev–Trinajstić information content (AvgIpc) is 3.06. The number of benzene rings is 1. The van der Waals surface area contributed by atoms with Gasteiger partial charge in [0, 0.05) is 22.8 Å². The van der Waals surface area contributed by atoms with Crippen LogP contribution in [0.3, 0.4) is 0 Å². The number of furan rings is 1. The van der Waals surface area contributed by atoms with Crippen molar-refractivity contribution in [2.45, 2.75) is 19.4 Å². The summed E-state index contributed by atoms with van der Waals surface area (Å²) in [6, 6.07) is 6.68. The summed E-state index contributed by atoms with van der Waals surface area (Å²) in [6.07, 6.45) is 2.40. The van der Waals surface area contributed by atoms with E-state index in [-0.39, 0.29) is 13.0 Å². The minimum atomic E-state index is -0.784. The molecule has 0 spiro atoms. The van der Waals surface area contributed by atoms with E-state index in [0.717, 1.165) is 0 Å². The number of aliphatic hydroxyl groups excluding tert-OH is 1. The summed E-state index contributed by atoms with van der Waals surface area (Å²) in [4.78, 5) is 23.6. The number of anilines is 1. The van der Waals surface area contributed by atoms with Crippen molar-refractivity contribution in [2.75, 3.05) is 11.9 Å². The zero-order chi connectivity index (χ0) is 16.8. The molecule has 3 N–H and O–H groups in total. The van der Waals surface area contributed by atoms with E-state index in [9.17, 15) is 14.7 Å². The Bertz CT molecular complexity index is 685. The van der Waals surface area contributed by atoms with Crippen molar-refractivity contribution in [2.24, 2.45) is 0 Å². The first-order valence-electron chi connectivity index (χ1n) is 7.03. The van der Waals surface area contributed by atoms with E-state index in [2.05, 4.69) is 10.6 Å². The fraction of sp³-hybridized carbons (Fsp3) is 0.250. The van der Waals surface area contributed by atoms with Crippen molar-refractivity contribution in [1.82, 2.24) is 5.32 Å². The third kappa shape index (κ3) is 4.58. The van der Waals surface area contributed by atoms with Gasteiger partial charge in [0.2, 0.25) is 0 Å². The average molecular weight is 337 g/mol. The maximum atomic E-state index is 11.8. The molecular formula is C16H17ClN2O4. The molecule has 7 heteroatoms. The highest BCUT2D eigenvalue weighted by Crippen LogP contribution is 2.22. The quantitative estimate of drug-likeness (QED) is 0.731. The summed E-state index contributed by atoms with van der Waals surface area (Å²) < 4.78 is 4.87. The minimum absolute atomic E-state index is 0.160. The summed E-state index contributed by atoms with van der Waals surface area (Å²) in [6.45, 7) is 1.91. The second-order valence-electron chi connectivity index (χ2n) is 4.98. The molecule has 2 rings (SSSR count). The maximum Gasteiger partial charge on any atom is 0.313 e. The highest BCUT2D eigenvalue weighted by molar-refractivity contribution is 6.40. The first-order valence-corrected chi connectivity index (χ1v) is 7.41. The molecule has 0 aliphatic heterocycles. The second kappa shape index (κ2) is 7.80. The van der Waals surface area contributed by atoms with Crippen molar-refractivity contribution in [3.63, 3.8) is 0 Å². The lowest BCUT2D eigenvalue weighted by Crippen LogP contribution is -2.36. The molecule has 0 radical (unpaired) electrons. The molecule has 0 saturated heterocycles. The van der Waals surface area contributed by atoms with Crippen LogP contribution in [0.2, 0.25) is 5.02 Å². The first kappa shape index (κ1) is 17.1. The molecule has 0 fully saturated rings. The summed E-state index contributed by atoms with van der Waals surface area (Å²) in [5.41, 5.74) is 1.79. The largest absolute Gasteiger partial charge is 0.472 e. The molecule has 0 aliphatic carbocycles. The van der Waals surface area contributed by atoms with Gasteiger partial charge in [0.1, 0.15) is 0 Å². The molecule has 1 aromatic heterocycles. The zero-order valence-electron chi connectivity index (χ0n) is 12.5. The zero-order valence-corrected chi connectivity index (χ0v) is 13.3. The van der Waals surface area contributed by atoms with Crippen molar-refractivity contribution in [3.8, 4) is 0 Å². The molecular weight excluding hydrogens is 320 g/mol. The van der Waals surface area contributed by atoms with Gasteiger partial charge in [-0.05, 0) is 37.1 Å². The molecule has 1 heterocycles. The smallest absolute Gasteiger partial charge is 0.313 e. The molecule has 6 nitrogen and oxygen atoms in total. The number of aliphatic hydroxyl groups is 1. The Morgan fingerprint density at radius 3 is 2.78 bits per heavy atom. The lowest BCUT2D eigenvalue weighted by Gasteiger charge is -2.11. The van der Waals surface area contributed by atoms with Crippen LogP contribution < -0.4 is 10.6 Å². The van der Waals surface area contributed by atoms with Crippen molar-refractivity contribution >= 4 is 29.1 Å². The van der Waals surface area contributed by atoms with E-state index in [1.54, 1.807) is 31.2 Å². The van der Waals surface area contributed by atoms with Crippen LogP contribution in [0.4, 0.5) is 5.69 Å². The lowest BCUT2D eigenvalue weighted by atomic mass is 10.1. The Hall–Kier alpha value is -2.31. The highest BCUT2D eigenvalue weighted by atomic mass is 35.5. The van der Waals surface area contributed by atoms with E-state index in [1.807, 2.05) is 0 Å². The summed E-state index contributed by atoms with van der Waals surface area (Å²) in [7, 11) is 0. The van der Waals surface area contributed by atoms with Crippen LogP contribution in [0.1, 0.15) is 23.7 Å². The fourth-order valence-corrected chi connectivity index (χ4v) is 2.13. The van der Waals surface area contributed by atoms with Crippen LogP contribution in [0, 0.1) is 6.92 Å². The number of carbonyl (C=O) groups is 2. The van der Waals surface area contributed by atoms with Gasteiger partial charge >= 0.3 is 11.8 Å². The lowest BCUT2D eigenvalue weighted by molar-refractivity contribution is -0.136. The minimum Gasteiger partial charge on any atom is -0.472 e. The Kier molecular flexibility index (Phi) is 5.78. The first-order chi connectivity index (χ1) is 11.0. The van der Waals surface area contributed by atoms with Gasteiger partial charge in [0.15, 0.2) is 0 Å². The molecule has 1 aromatic carbocycles. The predicted molar refractivity (Wildman–Crippen MR) is 86.1 cm³/mol. The number of amides is 2. The Morgan fingerprint density at radius 1 is 1.30 bits per heavy atom. The van der Waals surface area contributed by atoms with Gasteiger partial charge in [-0.25, -0.2) is 0 Å². The number of rotatable bonds is 5. The van der Waals surface area contributed by atoms with Gasteiger partial charge in [-0.1, -0.05) is 17.7 Å². The fourth-order valence-electron chi connectivity index (χ4n) is 1.96. The SMILES string of the molecule is Cc1c(Cl)cccc1NC(=O)C(=O)NCCC(O)c1ccoc1. The van der Waals surface area contributed by atoms with Crippen LogP contribution in [0.15, 0.2) is 41.2 Å². The molecule has 122 valence electrons. The molecule has 0 aliphatic rings. The van der Waals surface area contributed by atoms with E-state index in [4.69, 9.17) is 16.0 Å². The van der Waals surface area contributed by atoms with Gasteiger partial charge in [-0.15, -0.1) is 0 Å². The maximum absolute atomic E-state index is 11.8. The molecule has 2 aromatic rings. The van der Waals surface area contributed by atoms with Crippen LogP contribution in [-0.2, 0) is 9.59 Å². The normalized spacial score (nSPS) is 11.8. The number of carbonyl (C=O) groups excluding carboxylic acids is 2. The van der Waals surface area contributed by atoms with E-state index < -0.39 is 17.9 Å². The van der Waals surface area contributed by atoms with Crippen LogP contribution in [-0.4, -0.2) is 23.5 Å². The summed E-state index contributed by atoms with van der Waals surface area (Å²) in [5, 5.41) is 15.3. The third-order valence-electron chi connectivity index (χ3n) is 3.35. The summed E-state index contributed by atoms with van der Waals surface area (Å²) >= 11 is 5.96. The molecule has 23 heavy (non-hydrogen) atoms. The molecule has 1 unspecified atom stereocenters. The predicted octanol–water partition coefficient (Wildman–Crippen LogP) is 2.42. The molecule has 1 atom stereocenters. The van der Waals surface area contributed by atoms with Crippen LogP contribution >= 0.6 is 11.6 Å². The van der Waals surface area contributed by atoms with Crippen molar-refractivity contribution in [3.05, 3.63) is 52.9 Å². The Morgan fingerprint density at radius 2 is 2.09 bits per heavy atom. The summed E-state index contributed by atoms with van der Waals surface area (Å²) in [5.74, 6) is -1.56. The standard InChI is InChI=1S/C16H17ClN2O4/c1-10-12(17)3-2-4-13(10)19-16(22)15(21)18-7-5-14(20)11-6-8-23-9-11/h2-4,6,8-9,14,20H,5,7H2,1H3,(H,18,21)(H,19,22). The third-order valence-corrected chi connectivity index (χ3v) is 3.76. The monoisotopic (exact) mass is 336 g/mol. The van der Waals surface area contributed by atoms with Gasteiger partial charge in [0.25, 0.3) is 0 Å². The van der Waals surface area contributed by atoms with E-state index in [0.29, 0.717) is 21.8 Å². The van der Waals surface area contributed by atoms with Gasteiger partial charge in [0.05, 0.1) is 18.6 Å². The second-order valence-corrected chi connectivity index (χ2v) is 5.39. The van der Waals surface area contributed by atoms with Crippen LogP contribution in [0.5, 0.6) is 0 Å². The number of nitrogens with one attached hydrogen (secondary N) is 2. The van der Waals surface area contributed by atoms with Crippen molar-refractivity contribution in [1.29, 1.82) is 0 Å². The molecule has 2 amide bonds. The highest BCUT2D eigenvalue weighted by Gasteiger charge is 2.16. The Labute approximate surface area is 138 Å². The topological polar surface area (TPSA) is 91.6 Å².